The summed E-state index contributed by atoms with van der Waals surface area (Å²) in [6.45, 7) is 0.746. The quantitative estimate of drug-likeness (QED) is 0.660. The lowest BCUT2D eigenvalue weighted by atomic mass is 10.2. The van der Waals surface area contributed by atoms with Crippen LogP contribution in [0.4, 0.5) is 5.82 Å². The highest BCUT2D eigenvalue weighted by Gasteiger charge is 2.09. The SMILES string of the molecule is COc1ccc(CN(C)c2cc3nc(OC)c(Br)cc3cn2)cc1. The second kappa shape index (κ2) is 7.05. The largest absolute Gasteiger partial charge is 0.497 e. The van der Waals surface area contributed by atoms with E-state index in [1.165, 1.54) is 5.56 Å². The van der Waals surface area contributed by atoms with Gasteiger partial charge in [0, 0.05) is 31.2 Å². The van der Waals surface area contributed by atoms with Gasteiger partial charge in [-0.15, -0.1) is 0 Å². The molecule has 2 aromatic heterocycles. The zero-order valence-corrected chi connectivity index (χ0v) is 15.4. The highest BCUT2D eigenvalue weighted by atomic mass is 79.9. The van der Waals surface area contributed by atoms with Crippen LogP contribution in [-0.2, 0) is 6.54 Å². The number of ether oxygens (including phenoxy) is 2. The molecule has 3 aromatic rings. The Balaban J connectivity index is 1.85. The van der Waals surface area contributed by atoms with E-state index in [4.69, 9.17) is 9.47 Å². The van der Waals surface area contributed by atoms with Crippen LogP contribution >= 0.6 is 15.9 Å². The van der Waals surface area contributed by atoms with E-state index < -0.39 is 0 Å². The Bertz CT molecular complexity index is 853. The molecule has 0 fully saturated rings. The number of nitrogens with zero attached hydrogens (tertiary/aromatic N) is 3. The number of rotatable bonds is 5. The van der Waals surface area contributed by atoms with Crippen LogP contribution in [-0.4, -0.2) is 31.2 Å². The molecule has 0 aliphatic carbocycles. The minimum Gasteiger partial charge on any atom is -0.497 e. The van der Waals surface area contributed by atoms with Crippen molar-refractivity contribution in [2.75, 3.05) is 26.2 Å². The van der Waals surface area contributed by atoms with E-state index in [0.29, 0.717) is 5.88 Å². The standard InChI is InChI=1S/C18H18BrN3O2/c1-22(11-12-4-6-14(23-2)7-5-12)17-9-16-13(10-20-17)8-15(19)18(21-16)24-3/h4-10H,11H2,1-3H3. The number of methoxy groups -OCH3 is 2. The third-order valence-corrected chi connectivity index (χ3v) is 4.34. The first-order valence-electron chi connectivity index (χ1n) is 7.45. The molecule has 6 heteroatoms. The maximum atomic E-state index is 5.27. The number of hydrogen-bond acceptors (Lipinski definition) is 5. The number of aromatic nitrogens is 2. The summed E-state index contributed by atoms with van der Waals surface area (Å²) in [4.78, 5) is 11.1. The van der Waals surface area contributed by atoms with Gasteiger partial charge in [-0.1, -0.05) is 12.1 Å². The van der Waals surface area contributed by atoms with Gasteiger partial charge in [0.05, 0.1) is 24.2 Å². The Morgan fingerprint density at radius 1 is 1.08 bits per heavy atom. The second-order valence-electron chi connectivity index (χ2n) is 5.42. The summed E-state index contributed by atoms with van der Waals surface area (Å²) in [6, 6.07) is 11.9. The van der Waals surface area contributed by atoms with Gasteiger partial charge in [-0.2, -0.15) is 0 Å². The van der Waals surface area contributed by atoms with Crippen LogP contribution in [0, 0.1) is 0 Å². The van der Waals surface area contributed by atoms with E-state index in [9.17, 15) is 0 Å². The van der Waals surface area contributed by atoms with Gasteiger partial charge < -0.3 is 14.4 Å². The van der Waals surface area contributed by atoms with Crippen LogP contribution in [0.2, 0.25) is 0 Å². The van der Waals surface area contributed by atoms with Crippen molar-refractivity contribution in [3.8, 4) is 11.6 Å². The average Bonchev–Trinajstić information content (AvgIpc) is 2.61. The van der Waals surface area contributed by atoms with Crippen LogP contribution in [0.5, 0.6) is 11.6 Å². The molecule has 0 aliphatic heterocycles. The topological polar surface area (TPSA) is 47.5 Å². The van der Waals surface area contributed by atoms with Gasteiger partial charge in [0.2, 0.25) is 5.88 Å². The minimum absolute atomic E-state index is 0.567. The number of benzene rings is 1. The molecular formula is C18H18BrN3O2. The van der Waals surface area contributed by atoms with Crippen molar-refractivity contribution in [1.29, 1.82) is 0 Å². The molecule has 0 saturated heterocycles. The van der Waals surface area contributed by atoms with Crippen molar-refractivity contribution in [2.24, 2.45) is 0 Å². The molecule has 2 heterocycles. The third kappa shape index (κ3) is 3.43. The molecule has 0 N–H and O–H groups in total. The predicted molar refractivity (Wildman–Crippen MR) is 98.9 cm³/mol. The van der Waals surface area contributed by atoms with Crippen molar-refractivity contribution in [2.45, 2.75) is 6.54 Å². The molecule has 0 aliphatic rings. The van der Waals surface area contributed by atoms with Crippen LogP contribution in [0.1, 0.15) is 5.56 Å². The fourth-order valence-corrected chi connectivity index (χ4v) is 2.95. The van der Waals surface area contributed by atoms with Gasteiger partial charge >= 0.3 is 0 Å². The summed E-state index contributed by atoms with van der Waals surface area (Å²) in [5, 5.41) is 0.962. The maximum absolute atomic E-state index is 5.27. The van der Waals surface area contributed by atoms with Gasteiger partial charge in [0.25, 0.3) is 0 Å². The van der Waals surface area contributed by atoms with Gasteiger partial charge in [-0.25, -0.2) is 9.97 Å². The lowest BCUT2D eigenvalue weighted by Gasteiger charge is -2.19. The van der Waals surface area contributed by atoms with E-state index in [1.807, 2.05) is 37.5 Å². The Kier molecular flexibility index (Phi) is 4.85. The molecule has 0 radical (unpaired) electrons. The van der Waals surface area contributed by atoms with Crippen LogP contribution in [0.3, 0.4) is 0 Å². The Morgan fingerprint density at radius 2 is 1.83 bits per heavy atom. The molecule has 124 valence electrons. The molecule has 1 aromatic carbocycles. The second-order valence-corrected chi connectivity index (χ2v) is 6.27. The lowest BCUT2D eigenvalue weighted by molar-refractivity contribution is 0.397. The first kappa shape index (κ1) is 16.5. The Morgan fingerprint density at radius 3 is 2.50 bits per heavy atom. The normalized spacial score (nSPS) is 10.7. The van der Waals surface area contributed by atoms with E-state index in [1.54, 1.807) is 14.2 Å². The van der Waals surface area contributed by atoms with Crippen LogP contribution in [0.25, 0.3) is 10.9 Å². The lowest BCUT2D eigenvalue weighted by Crippen LogP contribution is -2.17. The fourth-order valence-electron chi connectivity index (χ4n) is 2.45. The summed E-state index contributed by atoms with van der Waals surface area (Å²) in [6.07, 6.45) is 1.83. The molecule has 0 spiro atoms. The predicted octanol–water partition coefficient (Wildman–Crippen LogP) is 4.05. The van der Waals surface area contributed by atoms with Crippen molar-refractivity contribution in [3.05, 3.63) is 52.6 Å². The van der Waals surface area contributed by atoms with Crippen molar-refractivity contribution >= 4 is 32.7 Å². The molecular weight excluding hydrogens is 370 g/mol. The van der Waals surface area contributed by atoms with Gasteiger partial charge in [0.15, 0.2) is 0 Å². The summed E-state index contributed by atoms with van der Waals surface area (Å²) in [7, 11) is 5.28. The monoisotopic (exact) mass is 387 g/mol. The highest BCUT2D eigenvalue weighted by molar-refractivity contribution is 9.10. The highest BCUT2D eigenvalue weighted by Crippen LogP contribution is 2.28. The van der Waals surface area contributed by atoms with Gasteiger partial charge in [0.1, 0.15) is 11.6 Å². The summed E-state index contributed by atoms with van der Waals surface area (Å²) >= 11 is 3.45. The Hall–Kier alpha value is -2.34. The smallest absolute Gasteiger partial charge is 0.228 e. The number of hydrogen-bond donors (Lipinski definition) is 0. The number of fused-ring (bicyclic) bond motifs is 1. The first-order valence-corrected chi connectivity index (χ1v) is 8.24. The van der Waals surface area contributed by atoms with Crippen molar-refractivity contribution in [1.82, 2.24) is 9.97 Å². The summed E-state index contributed by atoms with van der Waals surface area (Å²) in [5.41, 5.74) is 2.03. The third-order valence-electron chi connectivity index (χ3n) is 3.77. The van der Waals surface area contributed by atoms with Gasteiger partial charge in [-0.05, 0) is 39.7 Å². The van der Waals surface area contributed by atoms with Gasteiger partial charge in [-0.3, -0.25) is 0 Å². The van der Waals surface area contributed by atoms with Crippen LogP contribution < -0.4 is 14.4 Å². The summed E-state index contributed by atoms with van der Waals surface area (Å²) < 4.78 is 11.3. The number of halogens is 1. The molecule has 3 rings (SSSR count). The van der Waals surface area contributed by atoms with Crippen molar-refractivity contribution in [3.63, 3.8) is 0 Å². The van der Waals surface area contributed by atoms with E-state index in [-0.39, 0.29) is 0 Å². The first-order chi connectivity index (χ1) is 11.6. The summed E-state index contributed by atoms with van der Waals surface area (Å²) in [5.74, 6) is 2.28. The van der Waals surface area contributed by atoms with E-state index >= 15 is 0 Å². The minimum atomic E-state index is 0.567. The van der Waals surface area contributed by atoms with E-state index in [2.05, 4.69) is 42.9 Å². The van der Waals surface area contributed by atoms with Crippen LogP contribution in [0.15, 0.2) is 47.1 Å². The molecule has 0 amide bonds. The van der Waals surface area contributed by atoms with E-state index in [0.717, 1.165) is 33.5 Å². The number of anilines is 1. The number of pyridine rings is 2. The maximum Gasteiger partial charge on any atom is 0.228 e. The molecule has 5 nitrogen and oxygen atoms in total. The zero-order valence-electron chi connectivity index (χ0n) is 13.8. The molecule has 0 atom stereocenters. The molecule has 0 saturated carbocycles. The molecule has 0 unspecified atom stereocenters. The molecule has 24 heavy (non-hydrogen) atoms. The Labute approximate surface area is 149 Å². The molecule has 0 bridgehead atoms. The average molecular weight is 388 g/mol. The van der Waals surface area contributed by atoms with Crippen molar-refractivity contribution < 1.29 is 9.47 Å². The fraction of sp³-hybridized carbons (Fsp3) is 0.222. The zero-order chi connectivity index (χ0) is 17.1.